The first kappa shape index (κ1) is 10.5. The van der Waals surface area contributed by atoms with Gasteiger partial charge >= 0.3 is 0 Å². The second kappa shape index (κ2) is 5.19. The summed E-state index contributed by atoms with van der Waals surface area (Å²) in [5.41, 5.74) is 1.02. The molecule has 1 aromatic heterocycles. The van der Waals surface area contributed by atoms with Gasteiger partial charge in [0.1, 0.15) is 0 Å². The van der Waals surface area contributed by atoms with Crippen LogP contribution in [0, 0.1) is 0 Å². The first-order chi connectivity index (χ1) is 6.31. The van der Waals surface area contributed by atoms with Crippen molar-refractivity contribution >= 4 is 16.5 Å². The van der Waals surface area contributed by atoms with E-state index in [1.54, 1.807) is 18.4 Å². The maximum atomic E-state index is 5.01. The van der Waals surface area contributed by atoms with Gasteiger partial charge in [-0.25, -0.2) is 4.98 Å². The smallest absolute Gasteiger partial charge is 0.185 e. The Morgan fingerprint density at radius 2 is 2.15 bits per heavy atom. The number of hydrogen-bond donors (Lipinski definition) is 0. The van der Waals surface area contributed by atoms with Crippen molar-refractivity contribution in [3.05, 3.63) is 11.1 Å². The van der Waals surface area contributed by atoms with E-state index in [2.05, 4.69) is 29.1 Å². The van der Waals surface area contributed by atoms with Crippen molar-refractivity contribution in [2.24, 2.45) is 0 Å². The Bertz CT molecular complexity index is 246. The zero-order chi connectivity index (χ0) is 9.68. The number of thiazole rings is 1. The lowest BCUT2D eigenvalue weighted by Gasteiger charge is -2.16. The van der Waals surface area contributed by atoms with Gasteiger partial charge < -0.3 is 9.64 Å². The Labute approximate surface area is 83.4 Å². The van der Waals surface area contributed by atoms with Crippen LogP contribution in [0.5, 0.6) is 0 Å². The molecule has 0 bridgehead atoms. The maximum Gasteiger partial charge on any atom is 0.185 e. The van der Waals surface area contributed by atoms with E-state index < -0.39 is 0 Å². The molecule has 4 heteroatoms. The van der Waals surface area contributed by atoms with Gasteiger partial charge in [0, 0.05) is 25.6 Å². The standard InChI is InChI=1S/C9H16N2OS/c1-4-11(5-2)9-10-8(6-12-3)7-13-9/h7H,4-6H2,1-3H3. The molecule has 74 valence electrons. The summed E-state index contributed by atoms with van der Waals surface area (Å²) >= 11 is 1.68. The van der Waals surface area contributed by atoms with E-state index in [1.165, 1.54) is 0 Å². The van der Waals surface area contributed by atoms with E-state index in [9.17, 15) is 0 Å². The highest BCUT2D eigenvalue weighted by molar-refractivity contribution is 7.13. The summed E-state index contributed by atoms with van der Waals surface area (Å²) in [6.07, 6.45) is 0. The quantitative estimate of drug-likeness (QED) is 0.728. The van der Waals surface area contributed by atoms with E-state index in [0.29, 0.717) is 6.61 Å². The summed E-state index contributed by atoms with van der Waals surface area (Å²) in [5, 5.41) is 3.15. The van der Waals surface area contributed by atoms with Gasteiger partial charge in [-0.1, -0.05) is 0 Å². The molecule has 0 amide bonds. The zero-order valence-electron chi connectivity index (χ0n) is 8.41. The van der Waals surface area contributed by atoms with E-state index >= 15 is 0 Å². The SMILES string of the molecule is CCN(CC)c1nc(COC)cs1. The molecule has 1 rings (SSSR count). The number of rotatable bonds is 5. The van der Waals surface area contributed by atoms with Gasteiger partial charge in [-0.05, 0) is 13.8 Å². The number of methoxy groups -OCH3 is 1. The molecule has 0 atom stereocenters. The van der Waals surface area contributed by atoms with Gasteiger partial charge in [0.2, 0.25) is 0 Å². The van der Waals surface area contributed by atoms with E-state index in [1.807, 2.05) is 0 Å². The third kappa shape index (κ3) is 2.67. The second-order valence-corrected chi connectivity index (χ2v) is 3.56. The van der Waals surface area contributed by atoms with Gasteiger partial charge in [0.05, 0.1) is 12.3 Å². The Balaban J connectivity index is 2.66. The molecule has 3 nitrogen and oxygen atoms in total. The molecule has 1 heterocycles. The highest BCUT2D eigenvalue weighted by Gasteiger charge is 2.06. The van der Waals surface area contributed by atoms with Crippen molar-refractivity contribution < 1.29 is 4.74 Å². The summed E-state index contributed by atoms with van der Waals surface area (Å²) in [7, 11) is 1.69. The van der Waals surface area contributed by atoms with Crippen LogP contribution in [0.25, 0.3) is 0 Å². The Morgan fingerprint density at radius 3 is 2.69 bits per heavy atom. The van der Waals surface area contributed by atoms with Crippen molar-refractivity contribution in [1.29, 1.82) is 0 Å². The van der Waals surface area contributed by atoms with Crippen LogP contribution in [0.4, 0.5) is 5.13 Å². The predicted molar refractivity (Wildman–Crippen MR) is 56.4 cm³/mol. The number of anilines is 1. The summed E-state index contributed by atoms with van der Waals surface area (Å²) < 4.78 is 5.01. The average Bonchev–Trinajstić information content (AvgIpc) is 2.56. The van der Waals surface area contributed by atoms with Crippen LogP contribution in [0.1, 0.15) is 19.5 Å². The van der Waals surface area contributed by atoms with Gasteiger partial charge in [-0.15, -0.1) is 11.3 Å². The average molecular weight is 200 g/mol. The van der Waals surface area contributed by atoms with E-state index in [0.717, 1.165) is 23.9 Å². The lowest BCUT2D eigenvalue weighted by atomic mass is 10.5. The van der Waals surface area contributed by atoms with Crippen LogP contribution in [0.3, 0.4) is 0 Å². The van der Waals surface area contributed by atoms with Crippen molar-refractivity contribution in [2.45, 2.75) is 20.5 Å². The fraction of sp³-hybridized carbons (Fsp3) is 0.667. The van der Waals surface area contributed by atoms with Crippen molar-refractivity contribution in [3.63, 3.8) is 0 Å². The molecule has 0 saturated carbocycles. The molecule has 0 N–H and O–H groups in total. The molecule has 0 saturated heterocycles. The molecular weight excluding hydrogens is 184 g/mol. The highest BCUT2D eigenvalue weighted by atomic mass is 32.1. The van der Waals surface area contributed by atoms with Gasteiger partial charge in [-0.2, -0.15) is 0 Å². The Kier molecular flexibility index (Phi) is 4.18. The molecule has 13 heavy (non-hydrogen) atoms. The van der Waals surface area contributed by atoms with E-state index in [4.69, 9.17) is 4.74 Å². The van der Waals surface area contributed by atoms with Gasteiger partial charge in [0.25, 0.3) is 0 Å². The third-order valence-corrected chi connectivity index (χ3v) is 2.82. The van der Waals surface area contributed by atoms with Crippen molar-refractivity contribution in [3.8, 4) is 0 Å². The lowest BCUT2D eigenvalue weighted by molar-refractivity contribution is 0.182. The van der Waals surface area contributed by atoms with Crippen LogP contribution in [0.2, 0.25) is 0 Å². The van der Waals surface area contributed by atoms with Crippen LogP contribution < -0.4 is 4.90 Å². The topological polar surface area (TPSA) is 25.4 Å². The highest BCUT2D eigenvalue weighted by Crippen LogP contribution is 2.20. The Morgan fingerprint density at radius 1 is 1.46 bits per heavy atom. The molecule has 0 aromatic carbocycles. The minimum Gasteiger partial charge on any atom is -0.378 e. The second-order valence-electron chi connectivity index (χ2n) is 2.73. The zero-order valence-corrected chi connectivity index (χ0v) is 9.23. The van der Waals surface area contributed by atoms with Crippen LogP contribution >= 0.6 is 11.3 Å². The van der Waals surface area contributed by atoms with Gasteiger partial charge in [0.15, 0.2) is 5.13 Å². The monoisotopic (exact) mass is 200 g/mol. The third-order valence-electron chi connectivity index (χ3n) is 1.87. The molecule has 1 aromatic rings. The molecule has 0 aliphatic rings. The molecule has 0 radical (unpaired) electrons. The summed E-state index contributed by atoms with van der Waals surface area (Å²) in [4.78, 5) is 6.70. The maximum absolute atomic E-state index is 5.01. The molecule has 0 spiro atoms. The van der Waals surface area contributed by atoms with Crippen LogP contribution in [-0.2, 0) is 11.3 Å². The molecule has 0 fully saturated rings. The van der Waals surface area contributed by atoms with E-state index in [-0.39, 0.29) is 0 Å². The van der Waals surface area contributed by atoms with Crippen LogP contribution in [-0.4, -0.2) is 25.2 Å². The minimum atomic E-state index is 0.609. The fourth-order valence-electron chi connectivity index (χ4n) is 1.15. The van der Waals surface area contributed by atoms with Crippen LogP contribution in [0.15, 0.2) is 5.38 Å². The normalized spacial score (nSPS) is 10.4. The van der Waals surface area contributed by atoms with Crippen molar-refractivity contribution in [1.82, 2.24) is 4.98 Å². The number of hydrogen-bond acceptors (Lipinski definition) is 4. The number of aromatic nitrogens is 1. The number of nitrogens with zero attached hydrogens (tertiary/aromatic N) is 2. The fourth-order valence-corrected chi connectivity index (χ4v) is 2.09. The molecular formula is C9H16N2OS. The summed E-state index contributed by atoms with van der Waals surface area (Å²) in [6, 6.07) is 0. The first-order valence-electron chi connectivity index (χ1n) is 4.50. The lowest BCUT2D eigenvalue weighted by Crippen LogP contribution is -2.21. The summed E-state index contributed by atoms with van der Waals surface area (Å²) in [5.74, 6) is 0. The number of ether oxygens (including phenoxy) is 1. The summed E-state index contributed by atoms with van der Waals surface area (Å²) in [6.45, 7) is 6.91. The predicted octanol–water partition coefficient (Wildman–Crippen LogP) is 2.14. The Hall–Kier alpha value is -0.610. The van der Waals surface area contributed by atoms with Crippen molar-refractivity contribution in [2.75, 3.05) is 25.1 Å². The molecule has 0 aliphatic carbocycles. The first-order valence-corrected chi connectivity index (χ1v) is 5.38. The molecule has 0 unspecified atom stereocenters. The largest absolute Gasteiger partial charge is 0.378 e. The molecule has 0 aliphatic heterocycles. The van der Waals surface area contributed by atoms with Gasteiger partial charge in [-0.3, -0.25) is 0 Å². The minimum absolute atomic E-state index is 0.609.